The van der Waals surface area contributed by atoms with Crippen molar-refractivity contribution in [3.63, 3.8) is 0 Å². The van der Waals surface area contributed by atoms with Crippen LogP contribution in [0.5, 0.6) is 0 Å². The Labute approximate surface area is 126 Å². The van der Waals surface area contributed by atoms with Crippen LogP contribution in [0.25, 0.3) is 11.1 Å². The fourth-order valence-corrected chi connectivity index (χ4v) is 4.13. The van der Waals surface area contributed by atoms with Gasteiger partial charge in [0.2, 0.25) is 0 Å². The molecule has 21 heavy (non-hydrogen) atoms. The highest BCUT2D eigenvalue weighted by atomic mass is 14.9. The maximum absolute atomic E-state index is 4.53. The number of nitrogens with one attached hydrogen (secondary N) is 1. The number of fused-ring (bicyclic) bond motifs is 2. The Morgan fingerprint density at radius 3 is 2.76 bits per heavy atom. The Bertz CT molecular complexity index is 608. The van der Waals surface area contributed by atoms with E-state index in [0.29, 0.717) is 5.92 Å². The molecule has 1 saturated heterocycles. The van der Waals surface area contributed by atoms with Crippen molar-refractivity contribution in [1.82, 2.24) is 10.3 Å². The molecule has 0 amide bonds. The molecule has 3 unspecified atom stereocenters. The van der Waals surface area contributed by atoms with Crippen molar-refractivity contribution in [2.24, 2.45) is 5.92 Å². The van der Waals surface area contributed by atoms with Gasteiger partial charge < -0.3 is 5.32 Å². The molecule has 108 valence electrons. The van der Waals surface area contributed by atoms with Crippen LogP contribution in [0.15, 0.2) is 48.8 Å². The van der Waals surface area contributed by atoms with Gasteiger partial charge in [0.05, 0.1) is 0 Å². The van der Waals surface area contributed by atoms with E-state index in [4.69, 9.17) is 0 Å². The number of pyridine rings is 1. The fourth-order valence-electron chi connectivity index (χ4n) is 4.13. The highest BCUT2D eigenvalue weighted by Crippen LogP contribution is 2.41. The van der Waals surface area contributed by atoms with Crippen LogP contribution in [-0.2, 0) is 0 Å². The maximum Gasteiger partial charge on any atom is 0.0346 e. The molecule has 0 radical (unpaired) electrons. The van der Waals surface area contributed by atoms with Gasteiger partial charge in [-0.05, 0) is 61.3 Å². The molecule has 4 rings (SSSR count). The minimum Gasteiger partial charge on any atom is -0.314 e. The lowest BCUT2D eigenvalue weighted by Gasteiger charge is -2.41. The van der Waals surface area contributed by atoms with E-state index in [9.17, 15) is 0 Å². The van der Waals surface area contributed by atoms with E-state index in [1.807, 2.05) is 6.20 Å². The van der Waals surface area contributed by atoms with Gasteiger partial charge in [-0.2, -0.15) is 0 Å². The number of benzene rings is 1. The summed E-state index contributed by atoms with van der Waals surface area (Å²) in [5.41, 5.74) is 3.97. The SMILES string of the molecule is c1ccc(-c2cncc(C3CCC4CC3CCN4)c2)cc1. The van der Waals surface area contributed by atoms with Crippen LogP contribution in [-0.4, -0.2) is 17.6 Å². The first-order valence-corrected chi connectivity index (χ1v) is 8.14. The lowest BCUT2D eigenvalue weighted by molar-refractivity contribution is 0.194. The van der Waals surface area contributed by atoms with Gasteiger partial charge in [-0.25, -0.2) is 0 Å². The van der Waals surface area contributed by atoms with Crippen molar-refractivity contribution in [2.45, 2.75) is 37.6 Å². The zero-order chi connectivity index (χ0) is 14.1. The minimum atomic E-state index is 0.708. The van der Waals surface area contributed by atoms with Gasteiger partial charge in [0.25, 0.3) is 0 Å². The minimum absolute atomic E-state index is 0.708. The molecule has 1 aliphatic carbocycles. The van der Waals surface area contributed by atoms with Gasteiger partial charge >= 0.3 is 0 Å². The summed E-state index contributed by atoms with van der Waals surface area (Å²) in [4.78, 5) is 4.53. The van der Waals surface area contributed by atoms with Crippen LogP contribution < -0.4 is 5.32 Å². The van der Waals surface area contributed by atoms with Gasteiger partial charge in [0.15, 0.2) is 0 Å². The first-order valence-electron chi connectivity index (χ1n) is 8.14. The zero-order valence-electron chi connectivity index (χ0n) is 12.3. The second-order valence-corrected chi connectivity index (χ2v) is 6.49. The second-order valence-electron chi connectivity index (χ2n) is 6.49. The van der Waals surface area contributed by atoms with E-state index in [1.165, 1.54) is 48.9 Å². The molecule has 2 nitrogen and oxygen atoms in total. The first kappa shape index (κ1) is 13.0. The third kappa shape index (κ3) is 2.60. The molecule has 2 fully saturated rings. The average Bonchev–Trinajstić information content (AvgIpc) is 2.56. The average molecular weight is 278 g/mol. The quantitative estimate of drug-likeness (QED) is 0.898. The standard InChI is InChI=1S/C19H22N2/c1-2-4-14(5-3-1)16-10-17(13-20-12-16)19-7-6-18-11-15(19)8-9-21-18/h1-5,10,12-13,15,18-19,21H,6-9,11H2. The summed E-state index contributed by atoms with van der Waals surface area (Å²) in [5, 5.41) is 3.64. The number of piperidine rings is 1. The van der Waals surface area contributed by atoms with Gasteiger partial charge in [-0.15, -0.1) is 0 Å². The van der Waals surface area contributed by atoms with Crippen LogP contribution in [0.2, 0.25) is 0 Å². The van der Waals surface area contributed by atoms with Gasteiger partial charge in [-0.1, -0.05) is 30.3 Å². The normalized spacial score (nSPS) is 28.3. The summed E-state index contributed by atoms with van der Waals surface area (Å²) < 4.78 is 0. The number of hydrogen-bond donors (Lipinski definition) is 1. The predicted molar refractivity (Wildman–Crippen MR) is 86.2 cm³/mol. The topological polar surface area (TPSA) is 24.9 Å². The molecule has 3 atom stereocenters. The maximum atomic E-state index is 4.53. The number of aromatic nitrogens is 1. The molecule has 1 aliphatic heterocycles. The molecule has 0 spiro atoms. The molecular formula is C19H22N2. The van der Waals surface area contributed by atoms with E-state index in [2.05, 4.69) is 52.9 Å². The Morgan fingerprint density at radius 1 is 0.952 bits per heavy atom. The summed E-state index contributed by atoms with van der Waals surface area (Å²) in [6.45, 7) is 1.19. The highest BCUT2D eigenvalue weighted by Gasteiger charge is 2.34. The number of rotatable bonds is 2. The Kier molecular flexibility index (Phi) is 3.48. The van der Waals surface area contributed by atoms with Crippen molar-refractivity contribution < 1.29 is 0 Å². The molecule has 2 aromatic rings. The van der Waals surface area contributed by atoms with Gasteiger partial charge in [-0.3, -0.25) is 4.98 Å². The fraction of sp³-hybridized carbons (Fsp3) is 0.421. The van der Waals surface area contributed by atoms with Crippen LogP contribution in [0.4, 0.5) is 0 Å². The molecule has 2 aliphatic rings. The molecule has 1 aromatic carbocycles. The molecule has 2 bridgehead atoms. The molecular weight excluding hydrogens is 256 g/mol. The van der Waals surface area contributed by atoms with E-state index in [1.54, 1.807) is 0 Å². The Hall–Kier alpha value is -1.67. The van der Waals surface area contributed by atoms with Crippen molar-refractivity contribution in [3.8, 4) is 11.1 Å². The molecule has 2 heteroatoms. The largest absolute Gasteiger partial charge is 0.314 e. The molecule has 1 N–H and O–H groups in total. The number of hydrogen-bond acceptors (Lipinski definition) is 2. The third-order valence-corrected chi connectivity index (χ3v) is 5.23. The first-order chi connectivity index (χ1) is 10.4. The van der Waals surface area contributed by atoms with Crippen molar-refractivity contribution in [3.05, 3.63) is 54.4 Å². The third-order valence-electron chi connectivity index (χ3n) is 5.23. The Morgan fingerprint density at radius 2 is 1.86 bits per heavy atom. The summed E-state index contributed by atoms with van der Waals surface area (Å²) in [6.07, 6.45) is 9.38. The summed E-state index contributed by atoms with van der Waals surface area (Å²) in [7, 11) is 0. The van der Waals surface area contributed by atoms with Crippen molar-refractivity contribution in [1.29, 1.82) is 0 Å². The summed E-state index contributed by atoms with van der Waals surface area (Å²) in [5.74, 6) is 1.55. The molecule has 1 aromatic heterocycles. The summed E-state index contributed by atoms with van der Waals surface area (Å²) in [6, 6.07) is 13.7. The van der Waals surface area contributed by atoms with E-state index < -0.39 is 0 Å². The van der Waals surface area contributed by atoms with E-state index in [-0.39, 0.29) is 0 Å². The van der Waals surface area contributed by atoms with Crippen LogP contribution in [0, 0.1) is 5.92 Å². The van der Waals surface area contributed by atoms with E-state index >= 15 is 0 Å². The van der Waals surface area contributed by atoms with Crippen LogP contribution in [0.1, 0.15) is 37.2 Å². The Balaban J connectivity index is 1.63. The van der Waals surface area contributed by atoms with E-state index in [0.717, 1.165) is 12.0 Å². The van der Waals surface area contributed by atoms with Crippen molar-refractivity contribution in [2.75, 3.05) is 6.54 Å². The lowest BCUT2D eigenvalue weighted by atomic mass is 9.70. The summed E-state index contributed by atoms with van der Waals surface area (Å²) >= 11 is 0. The smallest absolute Gasteiger partial charge is 0.0346 e. The van der Waals surface area contributed by atoms with Crippen LogP contribution >= 0.6 is 0 Å². The van der Waals surface area contributed by atoms with Gasteiger partial charge in [0.1, 0.15) is 0 Å². The second kappa shape index (κ2) is 5.61. The number of nitrogens with zero attached hydrogens (tertiary/aromatic N) is 1. The van der Waals surface area contributed by atoms with Crippen molar-refractivity contribution >= 4 is 0 Å². The predicted octanol–water partition coefficient (Wildman–Crippen LogP) is 3.99. The molecule has 2 heterocycles. The molecule has 1 saturated carbocycles. The lowest BCUT2D eigenvalue weighted by Crippen LogP contribution is -2.43. The zero-order valence-corrected chi connectivity index (χ0v) is 12.3. The van der Waals surface area contributed by atoms with Gasteiger partial charge in [0, 0.05) is 24.0 Å². The monoisotopic (exact) mass is 278 g/mol. The highest BCUT2D eigenvalue weighted by molar-refractivity contribution is 5.63. The van der Waals surface area contributed by atoms with Crippen LogP contribution in [0.3, 0.4) is 0 Å².